The van der Waals surface area contributed by atoms with E-state index < -0.39 is 0 Å². The number of amides is 1. The van der Waals surface area contributed by atoms with Crippen molar-refractivity contribution in [1.29, 1.82) is 0 Å². The Bertz CT molecular complexity index is 523. The highest BCUT2D eigenvalue weighted by Gasteiger charge is 2.42. The highest BCUT2D eigenvalue weighted by molar-refractivity contribution is 5.79. The smallest absolute Gasteiger partial charge is 0.223 e. The van der Waals surface area contributed by atoms with Crippen LogP contribution < -0.4 is 5.32 Å². The van der Waals surface area contributed by atoms with Gasteiger partial charge in [0.25, 0.3) is 0 Å². The van der Waals surface area contributed by atoms with E-state index in [1.165, 1.54) is 43.4 Å². The van der Waals surface area contributed by atoms with Crippen molar-refractivity contribution in [2.45, 2.75) is 51.0 Å². The van der Waals surface area contributed by atoms with E-state index in [4.69, 9.17) is 0 Å². The third-order valence-electron chi connectivity index (χ3n) is 5.42. The molecule has 3 atom stereocenters. The highest BCUT2D eigenvalue weighted by Crippen LogP contribution is 2.48. The van der Waals surface area contributed by atoms with E-state index in [9.17, 15) is 4.79 Å². The highest BCUT2D eigenvalue weighted by atomic mass is 16.1. The maximum atomic E-state index is 12.4. The topological polar surface area (TPSA) is 42.0 Å². The lowest BCUT2D eigenvalue weighted by molar-refractivity contribution is -0.126. The van der Waals surface area contributed by atoms with E-state index in [1.807, 2.05) is 12.3 Å². The fourth-order valence-corrected chi connectivity index (χ4v) is 4.20. The van der Waals surface area contributed by atoms with Crippen LogP contribution in [0.25, 0.3) is 0 Å². The summed E-state index contributed by atoms with van der Waals surface area (Å²) in [5, 5.41) is 3.17. The van der Waals surface area contributed by atoms with Crippen LogP contribution in [0.2, 0.25) is 0 Å². The molecule has 1 heterocycles. The first kappa shape index (κ1) is 12.4. The SMILES string of the molecule is O=C(NCc1cccnc1C1CC1)C1CC2CCC1C2. The fourth-order valence-electron chi connectivity index (χ4n) is 4.20. The average Bonchev–Trinajstić information content (AvgIpc) is 3.11. The lowest BCUT2D eigenvalue weighted by Gasteiger charge is -2.21. The lowest BCUT2D eigenvalue weighted by Crippen LogP contribution is -2.33. The van der Waals surface area contributed by atoms with Crippen LogP contribution in [-0.4, -0.2) is 10.9 Å². The Kier molecular flexibility index (Phi) is 3.01. The molecule has 3 aliphatic rings. The normalized spacial score (nSPS) is 31.5. The third-order valence-corrected chi connectivity index (χ3v) is 5.42. The van der Waals surface area contributed by atoms with Gasteiger partial charge in [-0.2, -0.15) is 0 Å². The molecular formula is C17H22N2O. The molecule has 1 amide bonds. The van der Waals surface area contributed by atoms with Crippen LogP contribution in [0.3, 0.4) is 0 Å². The van der Waals surface area contributed by atoms with Crippen molar-refractivity contribution in [3.8, 4) is 0 Å². The lowest BCUT2D eigenvalue weighted by atomic mass is 9.88. The van der Waals surface area contributed by atoms with Crippen molar-refractivity contribution in [2.24, 2.45) is 17.8 Å². The molecule has 3 aliphatic carbocycles. The quantitative estimate of drug-likeness (QED) is 0.913. The van der Waals surface area contributed by atoms with Crippen molar-refractivity contribution in [3.63, 3.8) is 0 Å². The van der Waals surface area contributed by atoms with Crippen molar-refractivity contribution in [3.05, 3.63) is 29.6 Å². The first-order valence-electron chi connectivity index (χ1n) is 8.03. The molecule has 0 radical (unpaired) electrons. The van der Waals surface area contributed by atoms with Gasteiger partial charge in [0.1, 0.15) is 0 Å². The molecule has 3 unspecified atom stereocenters. The van der Waals surface area contributed by atoms with E-state index in [0.29, 0.717) is 18.4 Å². The van der Waals surface area contributed by atoms with Gasteiger partial charge in [0.2, 0.25) is 5.91 Å². The van der Waals surface area contributed by atoms with E-state index in [1.54, 1.807) is 0 Å². The Morgan fingerprint density at radius 1 is 1.25 bits per heavy atom. The zero-order valence-electron chi connectivity index (χ0n) is 11.8. The molecule has 1 N–H and O–H groups in total. The van der Waals surface area contributed by atoms with E-state index in [0.717, 1.165) is 12.3 Å². The summed E-state index contributed by atoms with van der Waals surface area (Å²) in [6.07, 6.45) is 9.41. The molecule has 4 rings (SSSR count). The number of aromatic nitrogens is 1. The molecule has 0 aliphatic heterocycles. The predicted octanol–water partition coefficient (Wildman–Crippen LogP) is 3.01. The second-order valence-corrected chi connectivity index (χ2v) is 6.82. The predicted molar refractivity (Wildman–Crippen MR) is 77.0 cm³/mol. The van der Waals surface area contributed by atoms with Gasteiger partial charge in [0, 0.05) is 30.3 Å². The van der Waals surface area contributed by atoms with Gasteiger partial charge < -0.3 is 5.32 Å². The van der Waals surface area contributed by atoms with Crippen LogP contribution in [0, 0.1) is 17.8 Å². The minimum Gasteiger partial charge on any atom is -0.352 e. The van der Waals surface area contributed by atoms with E-state index in [2.05, 4.69) is 16.4 Å². The van der Waals surface area contributed by atoms with Gasteiger partial charge in [0.05, 0.1) is 0 Å². The molecule has 3 fully saturated rings. The van der Waals surface area contributed by atoms with Gasteiger partial charge >= 0.3 is 0 Å². The summed E-state index contributed by atoms with van der Waals surface area (Å²) in [6, 6.07) is 4.09. The Morgan fingerprint density at radius 2 is 2.15 bits per heavy atom. The monoisotopic (exact) mass is 270 g/mol. The van der Waals surface area contributed by atoms with Gasteiger partial charge in [-0.25, -0.2) is 0 Å². The molecular weight excluding hydrogens is 248 g/mol. The van der Waals surface area contributed by atoms with E-state index >= 15 is 0 Å². The standard InChI is InChI=1S/C17H22N2O/c20-17(15-9-11-3-4-13(15)8-11)19-10-14-2-1-7-18-16(14)12-5-6-12/h1-2,7,11-13,15H,3-6,8-10H2,(H,19,20). The minimum absolute atomic E-state index is 0.280. The van der Waals surface area contributed by atoms with Crippen LogP contribution in [0.4, 0.5) is 0 Å². The fraction of sp³-hybridized carbons (Fsp3) is 0.647. The van der Waals surface area contributed by atoms with Crippen LogP contribution >= 0.6 is 0 Å². The second-order valence-electron chi connectivity index (χ2n) is 6.82. The number of fused-ring (bicyclic) bond motifs is 2. The number of pyridine rings is 1. The van der Waals surface area contributed by atoms with Gasteiger partial charge in [-0.1, -0.05) is 12.5 Å². The number of hydrogen-bond acceptors (Lipinski definition) is 2. The van der Waals surface area contributed by atoms with Gasteiger partial charge in [0.15, 0.2) is 0 Å². The Labute approximate surface area is 120 Å². The number of nitrogens with zero attached hydrogens (tertiary/aromatic N) is 1. The second kappa shape index (κ2) is 4.87. The molecule has 0 spiro atoms. The number of hydrogen-bond donors (Lipinski definition) is 1. The van der Waals surface area contributed by atoms with Crippen molar-refractivity contribution < 1.29 is 4.79 Å². The summed E-state index contributed by atoms with van der Waals surface area (Å²) < 4.78 is 0. The molecule has 2 bridgehead atoms. The molecule has 1 aromatic heterocycles. The van der Waals surface area contributed by atoms with Crippen molar-refractivity contribution in [2.75, 3.05) is 0 Å². The summed E-state index contributed by atoms with van der Waals surface area (Å²) in [5.41, 5.74) is 2.42. The van der Waals surface area contributed by atoms with Crippen molar-refractivity contribution in [1.82, 2.24) is 10.3 Å². The molecule has 0 aromatic carbocycles. The molecule has 3 nitrogen and oxygen atoms in total. The maximum Gasteiger partial charge on any atom is 0.223 e. The Morgan fingerprint density at radius 3 is 2.85 bits per heavy atom. The molecule has 20 heavy (non-hydrogen) atoms. The average molecular weight is 270 g/mol. The van der Waals surface area contributed by atoms with Crippen LogP contribution in [0.15, 0.2) is 18.3 Å². The van der Waals surface area contributed by atoms with Crippen LogP contribution in [0.1, 0.15) is 55.7 Å². The van der Waals surface area contributed by atoms with E-state index in [-0.39, 0.29) is 11.8 Å². The van der Waals surface area contributed by atoms with Gasteiger partial charge in [-0.3, -0.25) is 9.78 Å². The zero-order valence-corrected chi connectivity index (χ0v) is 11.8. The molecule has 1 aromatic rings. The summed E-state index contributed by atoms with van der Waals surface area (Å²) >= 11 is 0. The first-order chi connectivity index (χ1) is 9.81. The summed E-state index contributed by atoms with van der Waals surface area (Å²) in [5.74, 6) is 2.70. The number of carbonyl (C=O) groups is 1. The zero-order chi connectivity index (χ0) is 13.5. The number of rotatable bonds is 4. The molecule has 0 saturated heterocycles. The first-order valence-corrected chi connectivity index (χ1v) is 8.03. The Balaban J connectivity index is 1.39. The largest absolute Gasteiger partial charge is 0.352 e. The third kappa shape index (κ3) is 2.23. The number of carbonyl (C=O) groups excluding carboxylic acids is 1. The Hall–Kier alpha value is -1.38. The number of nitrogens with one attached hydrogen (secondary N) is 1. The van der Waals surface area contributed by atoms with Crippen LogP contribution in [-0.2, 0) is 11.3 Å². The molecule has 3 heteroatoms. The van der Waals surface area contributed by atoms with Crippen molar-refractivity contribution >= 4 is 5.91 Å². The molecule has 106 valence electrons. The summed E-state index contributed by atoms with van der Waals surface area (Å²) in [7, 11) is 0. The maximum absolute atomic E-state index is 12.4. The minimum atomic E-state index is 0.280. The van der Waals surface area contributed by atoms with Crippen LogP contribution in [0.5, 0.6) is 0 Å². The summed E-state index contributed by atoms with van der Waals surface area (Å²) in [4.78, 5) is 16.9. The summed E-state index contributed by atoms with van der Waals surface area (Å²) in [6.45, 7) is 0.659. The van der Waals surface area contributed by atoms with Gasteiger partial charge in [-0.15, -0.1) is 0 Å². The van der Waals surface area contributed by atoms with Gasteiger partial charge in [-0.05, 0) is 55.6 Å². The molecule has 3 saturated carbocycles.